The molecular weight excluding hydrogens is 396 g/mol. The van der Waals surface area contributed by atoms with Crippen LogP contribution in [0.15, 0.2) is 28.3 Å². The van der Waals surface area contributed by atoms with Gasteiger partial charge in [-0.1, -0.05) is 38.5 Å². The third kappa shape index (κ3) is 5.69. The molecule has 1 saturated heterocycles. The fraction of sp³-hybridized carbons (Fsp3) is 0.632. The summed E-state index contributed by atoms with van der Waals surface area (Å²) in [4.78, 5) is 16.5. The molecule has 1 amide bonds. The van der Waals surface area contributed by atoms with Crippen LogP contribution in [0, 0.1) is 17.2 Å². The molecule has 1 aromatic rings. The number of hydrogen-bond acceptors (Lipinski definition) is 6. The second-order valence-corrected chi connectivity index (χ2v) is 10.4. The Bertz CT molecular complexity index is 811. The van der Waals surface area contributed by atoms with Crippen LogP contribution in [0.4, 0.5) is 0 Å². The Morgan fingerprint density at radius 3 is 2.46 bits per heavy atom. The molecule has 1 fully saturated rings. The Labute approximate surface area is 172 Å². The zero-order chi connectivity index (χ0) is 20.8. The number of nitriles is 1. The van der Waals surface area contributed by atoms with Crippen molar-refractivity contribution in [2.24, 2.45) is 5.92 Å². The first-order chi connectivity index (χ1) is 13.2. The molecule has 7 nitrogen and oxygen atoms in total. The van der Waals surface area contributed by atoms with Gasteiger partial charge >= 0.3 is 0 Å². The SMILES string of the molecule is CC(C)[C@](C)(C#N)NC(=O)CSc1ccc(S(=O)(=O)N2CCCCCC2)cn1. The highest BCUT2D eigenvalue weighted by atomic mass is 32.2. The van der Waals surface area contributed by atoms with Crippen LogP contribution in [-0.4, -0.2) is 48.0 Å². The zero-order valence-corrected chi connectivity index (χ0v) is 18.3. The van der Waals surface area contributed by atoms with E-state index in [0.29, 0.717) is 18.1 Å². The van der Waals surface area contributed by atoms with Gasteiger partial charge in [0.15, 0.2) is 0 Å². The molecule has 0 aromatic carbocycles. The normalized spacial score (nSPS) is 18.1. The highest BCUT2D eigenvalue weighted by molar-refractivity contribution is 7.99. The fourth-order valence-corrected chi connectivity index (χ4v) is 4.91. The summed E-state index contributed by atoms with van der Waals surface area (Å²) in [5.41, 5.74) is -0.920. The summed E-state index contributed by atoms with van der Waals surface area (Å²) in [6.07, 6.45) is 5.24. The minimum atomic E-state index is -3.52. The Morgan fingerprint density at radius 1 is 1.32 bits per heavy atom. The first-order valence-electron chi connectivity index (χ1n) is 9.50. The highest BCUT2D eigenvalue weighted by Crippen LogP contribution is 2.22. The van der Waals surface area contributed by atoms with Gasteiger partial charge in [-0.25, -0.2) is 13.4 Å². The second-order valence-electron chi connectivity index (χ2n) is 7.46. The zero-order valence-electron chi connectivity index (χ0n) is 16.6. The summed E-state index contributed by atoms with van der Waals surface area (Å²) in [6, 6.07) is 5.30. The van der Waals surface area contributed by atoms with E-state index in [1.165, 1.54) is 22.3 Å². The summed E-state index contributed by atoms with van der Waals surface area (Å²) >= 11 is 1.21. The van der Waals surface area contributed by atoms with Gasteiger partial charge < -0.3 is 5.32 Å². The van der Waals surface area contributed by atoms with E-state index in [2.05, 4.69) is 16.4 Å². The van der Waals surface area contributed by atoms with E-state index in [-0.39, 0.29) is 22.5 Å². The lowest BCUT2D eigenvalue weighted by molar-refractivity contribution is -0.120. The van der Waals surface area contributed by atoms with Gasteiger partial charge in [0.05, 0.1) is 16.8 Å². The minimum absolute atomic E-state index is 0.0203. The molecule has 1 aliphatic heterocycles. The molecule has 0 unspecified atom stereocenters. The van der Waals surface area contributed by atoms with Gasteiger partial charge in [-0.3, -0.25) is 4.79 Å². The number of rotatable bonds is 7. The number of amides is 1. The van der Waals surface area contributed by atoms with Gasteiger partial charge in [0.2, 0.25) is 15.9 Å². The molecule has 0 aliphatic carbocycles. The molecule has 0 saturated carbocycles. The Kier molecular flexibility index (Phi) is 7.87. The van der Waals surface area contributed by atoms with Gasteiger partial charge in [0.1, 0.15) is 10.4 Å². The van der Waals surface area contributed by atoms with Crippen LogP contribution in [0.1, 0.15) is 46.5 Å². The van der Waals surface area contributed by atoms with Crippen LogP contribution in [0.5, 0.6) is 0 Å². The maximum Gasteiger partial charge on any atom is 0.244 e. The Balaban J connectivity index is 1.97. The number of aromatic nitrogens is 1. The standard InChI is InChI=1S/C19H28N4O3S2/c1-15(2)19(3,14-20)22-17(24)13-27-18-9-8-16(12-21-18)28(25,26)23-10-6-4-5-7-11-23/h8-9,12,15H,4-7,10-11,13H2,1-3H3,(H,22,24)/t19-/m0/s1. The number of carbonyl (C=O) groups excluding carboxylic acids is 1. The molecule has 1 atom stereocenters. The molecule has 154 valence electrons. The second kappa shape index (κ2) is 9.72. The number of pyridine rings is 1. The first-order valence-corrected chi connectivity index (χ1v) is 11.9. The average molecular weight is 425 g/mol. The van der Waals surface area contributed by atoms with Crippen LogP contribution in [0.2, 0.25) is 0 Å². The quantitative estimate of drug-likeness (QED) is 0.675. The molecule has 0 spiro atoms. The summed E-state index contributed by atoms with van der Waals surface area (Å²) < 4.78 is 27.0. The van der Waals surface area contributed by atoms with Gasteiger partial charge in [-0.05, 0) is 37.8 Å². The van der Waals surface area contributed by atoms with Crippen molar-refractivity contribution >= 4 is 27.7 Å². The molecule has 9 heteroatoms. The van der Waals surface area contributed by atoms with Crippen molar-refractivity contribution in [1.82, 2.24) is 14.6 Å². The van der Waals surface area contributed by atoms with Gasteiger partial charge in [-0.15, -0.1) is 0 Å². The number of sulfonamides is 1. The lowest BCUT2D eigenvalue weighted by atomic mass is 9.90. The minimum Gasteiger partial charge on any atom is -0.337 e. The molecule has 28 heavy (non-hydrogen) atoms. The molecule has 2 rings (SSSR count). The maximum absolute atomic E-state index is 12.8. The van der Waals surface area contributed by atoms with Crippen molar-refractivity contribution in [2.45, 2.75) is 61.9 Å². The van der Waals surface area contributed by atoms with Crippen LogP contribution in [-0.2, 0) is 14.8 Å². The van der Waals surface area contributed by atoms with E-state index in [9.17, 15) is 18.5 Å². The Hall–Kier alpha value is -1.63. The van der Waals surface area contributed by atoms with Crippen LogP contribution < -0.4 is 5.32 Å². The number of carbonyl (C=O) groups is 1. The van der Waals surface area contributed by atoms with Crippen molar-refractivity contribution in [1.29, 1.82) is 5.26 Å². The maximum atomic E-state index is 12.8. The lowest BCUT2D eigenvalue weighted by Crippen LogP contribution is -2.49. The fourth-order valence-electron chi connectivity index (χ4n) is 2.80. The number of hydrogen-bond donors (Lipinski definition) is 1. The van der Waals surface area contributed by atoms with Gasteiger partial charge in [0, 0.05) is 19.3 Å². The van der Waals surface area contributed by atoms with Crippen molar-refractivity contribution < 1.29 is 13.2 Å². The van der Waals surface area contributed by atoms with E-state index >= 15 is 0 Å². The van der Waals surface area contributed by atoms with Crippen LogP contribution >= 0.6 is 11.8 Å². The summed E-state index contributed by atoms with van der Waals surface area (Å²) in [5.74, 6) is -0.172. The van der Waals surface area contributed by atoms with E-state index in [0.717, 1.165) is 25.7 Å². The third-order valence-electron chi connectivity index (χ3n) is 5.05. The predicted molar refractivity (Wildman–Crippen MR) is 109 cm³/mol. The van der Waals surface area contributed by atoms with Gasteiger partial charge in [-0.2, -0.15) is 9.57 Å². The molecular formula is C19H28N4O3S2. The third-order valence-corrected chi connectivity index (χ3v) is 7.88. The van der Waals surface area contributed by atoms with Crippen molar-refractivity contribution in [2.75, 3.05) is 18.8 Å². The number of nitrogens with one attached hydrogen (secondary N) is 1. The first kappa shape index (κ1) is 22.7. The highest BCUT2D eigenvalue weighted by Gasteiger charge is 2.30. The van der Waals surface area contributed by atoms with Crippen LogP contribution in [0.25, 0.3) is 0 Å². The molecule has 2 heterocycles. The average Bonchev–Trinajstić information content (AvgIpc) is 2.96. The van der Waals surface area contributed by atoms with Crippen molar-refractivity contribution in [3.8, 4) is 6.07 Å². The molecule has 1 aromatic heterocycles. The summed E-state index contributed by atoms with van der Waals surface area (Å²) in [7, 11) is -3.52. The molecule has 1 aliphatic rings. The predicted octanol–water partition coefficient (Wildman–Crippen LogP) is 2.79. The molecule has 0 radical (unpaired) electrons. The lowest BCUT2D eigenvalue weighted by Gasteiger charge is -2.27. The number of nitrogens with zero attached hydrogens (tertiary/aromatic N) is 3. The van der Waals surface area contributed by atoms with E-state index in [1.807, 2.05) is 13.8 Å². The summed E-state index contributed by atoms with van der Waals surface area (Å²) in [5, 5.41) is 12.6. The van der Waals surface area contributed by atoms with Crippen molar-refractivity contribution in [3.05, 3.63) is 18.3 Å². The van der Waals surface area contributed by atoms with E-state index < -0.39 is 15.6 Å². The molecule has 0 bridgehead atoms. The topological polar surface area (TPSA) is 103 Å². The van der Waals surface area contributed by atoms with Crippen LogP contribution in [0.3, 0.4) is 0 Å². The van der Waals surface area contributed by atoms with Gasteiger partial charge in [0.25, 0.3) is 0 Å². The van der Waals surface area contributed by atoms with Crippen molar-refractivity contribution in [3.63, 3.8) is 0 Å². The van der Waals surface area contributed by atoms with E-state index in [4.69, 9.17) is 0 Å². The van der Waals surface area contributed by atoms with E-state index in [1.54, 1.807) is 19.1 Å². The smallest absolute Gasteiger partial charge is 0.244 e. The largest absolute Gasteiger partial charge is 0.337 e. The Morgan fingerprint density at radius 2 is 1.96 bits per heavy atom. The monoisotopic (exact) mass is 424 g/mol. The number of thioether (sulfide) groups is 1. The summed E-state index contributed by atoms with van der Waals surface area (Å²) in [6.45, 7) is 6.54. The molecule has 1 N–H and O–H groups in total.